The van der Waals surface area contributed by atoms with Gasteiger partial charge in [-0.05, 0) is 63.2 Å². The van der Waals surface area contributed by atoms with Gasteiger partial charge >= 0.3 is 6.03 Å². The summed E-state index contributed by atoms with van der Waals surface area (Å²) >= 11 is 0. The molecular formula is C27H38N4O7S. The average molecular weight is 563 g/mol. The molecule has 0 fully saturated rings. The van der Waals surface area contributed by atoms with Crippen molar-refractivity contribution in [1.82, 2.24) is 15.1 Å². The Balaban J connectivity index is 1.95. The van der Waals surface area contributed by atoms with Crippen LogP contribution in [0, 0.1) is 5.92 Å². The molecule has 1 heterocycles. The van der Waals surface area contributed by atoms with Crippen LogP contribution in [0.1, 0.15) is 38.1 Å². The Labute approximate surface area is 230 Å². The molecule has 0 saturated carbocycles. The molecule has 0 aliphatic carbocycles. The van der Waals surface area contributed by atoms with E-state index in [-0.39, 0.29) is 59.6 Å². The number of nitrogens with zero attached hydrogens (tertiary/aromatic N) is 2. The lowest BCUT2D eigenvalue weighted by molar-refractivity contribution is 0.0366. The number of carbonyl (C=O) groups is 2. The van der Waals surface area contributed by atoms with Crippen LogP contribution in [0.4, 0.5) is 10.5 Å². The number of aliphatic hydroxyl groups excluding tert-OH is 1. The molecule has 214 valence electrons. The third kappa shape index (κ3) is 7.33. The second kappa shape index (κ2) is 12.6. The summed E-state index contributed by atoms with van der Waals surface area (Å²) in [6.45, 7) is 7.67. The van der Waals surface area contributed by atoms with Crippen LogP contribution < -0.4 is 19.5 Å². The summed E-state index contributed by atoms with van der Waals surface area (Å²) in [5, 5.41) is 12.7. The van der Waals surface area contributed by atoms with E-state index in [9.17, 15) is 23.1 Å². The molecule has 0 unspecified atom stereocenters. The van der Waals surface area contributed by atoms with Crippen LogP contribution in [-0.4, -0.2) is 87.3 Å². The van der Waals surface area contributed by atoms with Gasteiger partial charge in [0.1, 0.15) is 17.6 Å². The zero-order valence-corrected chi connectivity index (χ0v) is 24.0. The maximum absolute atomic E-state index is 13.6. The number of nitrogens with one attached hydrogen (secondary N) is 2. The van der Waals surface area contributed by atoms with E-state index in [0.29, 0.717) is 5.75 Å². The monoisotopic (exact) mass is 562 g/mol. The van der Waals surface area contributed by atoms with Gasteiger partial charge < -0.3 is 29.7 Å². The molecule has 39 heavy (non-hydrogen) atoms. The van der Waals surface area contributed by atoms with Gasteiger partial charge in [0, 0.05) is 31.2 Å². The Kier molecular flexibility index (Phi) is 9.68. The van der Waals surface area contributed by atoms with Gasteiger partial charge in [0.25, 0.3) is 15.9 Å². The Morgan fingerprint density at radius 1 is 1.21 bits per heavy atom. The summed E-state index contributed by atoms with van der Waals surface area (Å²) < 4.78 is 39.9. The molecule has 1 aliphatic rings. The highest BCUT2D eigenvalue weighted by Crippen LogP contribution is 2.31. The molecule has 0 spiro atoms. The Morgan fingerprint density at radius 3 is 2.46 bits per heavy atom. The van der Waals surface area contributed by atoms with Crippen molar-refractivity contribution in [1.29, 1.82) is 0 Å². The van der Waals surface area contributed by atoms with Gasteiger partial charge in [-0.2, -0.15) is 0 Å². The van der Waals surface area contributed by atoms with Gasteiger partial charge in [0.05, 0.1) is 36.8 Å². The van der Waals surface area contributed by atoms with E-state index in [1.54, 1.807) is 37.1 Å². The van der Waals surface area contributed by atoms with Crippen molar-refractivity contribution in [3.05, 3.63) is 48.0 Å². The molecule has 2 aromatic rings. The third-order valence-corrected chi connectivity index (χ3v) is 7.90. The van der Waals surface area contributed by atoms with Gasteiger partial charge in [0.15, 0.2) is 0 Å². The van der Waals surface area contributed by atoms with Crippen molar-refractivity contribution in [2.24, 2.45) is 5.92 Å². The predicted octanol–water partition coefficient (Wildman–Crippen LogP) is 2.77. The molecule has 3 atom stereocenters. The molecule has 11 nitrogen and oxygen atoms in total. The van der Waals surface area contributed by atoms with Crippen molar-refractivity contribution in [3.8, 4) is 11.5 Å². The summed E-state index contributed by atoms with van der Waals surface area (Å²) in [6, 6.07) is 9.65. The number of aliphatic hydroxyl groups is 1. The second-order valence-corrected chi connectivity index (χ2v) is 11.8. The SMILES string of the molecule is COc1ccc(S(=O)(=O)Nc2ccc3c(c2)C(=O)N([C@@H](C)CO)C[C@H](C)[C@H](CN(C)C(=O)NC(C)C)O3)cc1. The average Bonchev–Trinajstić information content (AvgIpc) is 2.89. The van der Waals surface area contributed by atoms with E-state index in [0.717, 1.165) is 0 Å². The molecule has 2 aromatic carbocycles. The number of benzene rings is 2. The largest absolute Gasteiger partial charge is 0.497 e. The number of likely N-dealkylation sites (N-methyl/N-ethyl adjacent to an activating group) is 1. The number of anilines is 1. The zero-order valence-electron chi connectivity index (χ0n) is 23.2. The predicted molar refractivity (Wildman–Crippen MR) is 148 cm³/mol. The van der Waals surface area contributed by atoms with E-state index in [1.807, 2.05) is 20.8 Å². The quantitative estimate of drug-likeness (QED) is 0.427. The molecule has 0 saturated heterocycles. The topological polar surface area (TPSA) is 138 Å². The van der Waals surface area contributed by atoms with Gasteiger partial charge in [-0.1, -0.05) is 6.92 Å². The Bertz CT molecular complexity index is 1270. The Hall–Kier alpha value is -3.51. The fourth-order valence-corrected chi connectivity index (χ4v) is 5.23. The number of sulfonamides is 1. The lowest BCUT2D eigenvalue weighted by Crippen LogP contribution is -2.51. The van der Waals surface area contributed by atoms with Crippen LogP contribution in [0.5, 0.6) is 11.5 Å². The van der Waals surface area contributed by atoms with Gasteiger partial charge in [-0.15, -0.1) is 0 Å². The van der Waals surface area contributed by atoms with E-state index in [2.05, 4.69) is 10.0 Å². The molecule has 1 aliphatic heterocycles. The Morgan fingerprint density at radius 2 is 1.87 bits per heavy atom. The highest BCUT2D eigenvalue weighted by molar-refractivity contribution is 7.92. The normalized spacial score (nSPS) is 18.4. The molecule has 0 radical (unpaired) electrons. The summed E-state index contributed by atoms with van der Waals surface area (Å²) in [5.41, 5.74) is 0.327. The molecule has 3 amide bonds. The van der Waals surface area contributed by atoms with Gasteiger partial charge in [-0.25, -0.2) is 13.2 Å². The van der Waals surface area contributed by atoms with Crippen LogP contribution in [0.25, 0.3) is 0 Å². The summed E-state index contributed by atoms with van der Waals surface area (Å²) in [6.07, 6.45) is -0.477. The summed E-state index contributed by atoms with van der Waals surface area (Å²) in [7, 11) is -0.791. The number of carbonyl (C=O) groups excluding carboxylic acids is 2. The molecule has 0 aromatic heterocycles. The second-order valence-electron chi connectivity index (χ2n) is 10.1. The minimum absolute atomic E-state index is 0.0322. The number of rotatable bonds is 9. The molecule has 3 rings (SSSR count). The van der Waals surface area contributed by atoms with Gasteiger partial charge in [0.2, 0.25) is 0 Å². The van der Waals surface area contributed by atoms with Crippen molar-refractivity contribution in [2.45, 2.75) is 50.8 Å². The number of ether oxygens (including phenoxy) is 2. The lowest BCUT2D eigenvalue weighted by Gasteiger charge is -2.38. The van der Waals surface area contributed by atoms with E-state index in [1.165, 1.54) is 36.3 Å². The van der Waals surface area contributed by atoms with Crippen LogP contribution >= 0.6 is 0 Å². The molecule has 0 bridgehead atoms. The van der Waals surface area contributed by atoms with Crippen molar-refractivity contribution < 1.29 is 32.6 Å². The lowest BCUT2D eigenvalue weighted by atomic mass is 9.99. The van der Waals surface area contributed by atoms with Gasteiger partial charge in [-0.3, -0.25) is 9.52 Å². The summed E-state index contributed by atoms with van der Waals surface area (Å²) in [5.74, 6) is 0.204. The number of urea groups is 1. The zero-order chi connectivity index (χ0) is 28.9. The number of amides is 3. The molecule has 3 N–H and O–H groups in total. The first-order valence-corrected chi connectivity index (χ1v) is 14.3. The van der Waals surface area contributed by atoms with Crippen LogP contribution in [0.2, 0.25) is 0 Å². The fourth-order valence-electron chi connectivity index (χ4n) is 4.18. The number of methoxy groups -OCH3 is 1. The highest BCUT2D eigenvalue weighted by atomic mass is 32.2. The van der Waals surface area contributed by atoms with E-state index < -0.39 is 28.1 Å². The first-order chi connectivity index (χ1) is 18.4. The smallest absolute Gasteiger partial charge is 0.317 e. The standard InChI is InChI=1S/C27H38N4O7S/c1-17(2)28-27(34)30(5)15-25-18(3)14-31(19(4)16-32)26(33)23-13-20(7-12-24(23)38-25)29-39(35,36)22-10-8-21(37-6)9-11-22/h7-13,17-19,25,29,32H,14-16H2,1-6H3,(H,28,34)/t18-,19-,25-/m0/s1. The first-order valence-electron chi connectivity index (χ1n) is 12.8. The van der Waals surface area contributed by atoms with Crippen LogP contribution in [0.3, 0.4) is 0 Å². The van der Waals surface area contributed by atoms with E-state index in [4.69, 9.17) is 9.47 Å². The minimum atomic E-state index is -3.95. The molecule has 12 heteroatoms. The number of fused-ring (bicyclic) bond motifs is 1. The molecular weight excluding hydrogens is 524 g/mol. The van der Waals surface area contributed by atoms with Crippen molar-refractivity contribution in [3.63, 3.8) is 0 Å². The summed E-state index contributed by atoms with van der Waals surface area (Å²) in [4.78, 5) is 29.3. The van der Waals surface area contributed by atoms with E-state index >= 15 is 0 Å². The van der Waals surface area contributed by atoms with Crippen molar-refractivity contribution in [2.75, 3.05) is 38.6 Å². The minimum Gasteiger partial charge on any atom is -0.497 e. The third-order valence-electron chi connectivity index (χ3n) is 6.50. The number of hydrogen-bond acceptors (Lipinski definition) is 7. The maximum atomic E-state index is 13.6. The van der Waals surface area contributed by atoms with Crippen molar-refractivity contribution >= 4 is 27.6 Å². The number of hydrogen-bond donors (Lipinski definition) is 3. The maximum Gasteiger partial charge on any atom is 0.317 e. The van der Waals surface area contributed by atoms with Crippen LogP contribution in [-0.2, 0) is 10.0 Å². The fraction of sp³-hybridized carbons (Fsp3) is 0.481. The first kappa shape index (κ1) is 30.0. The van der Waals surface area contributed by atoms with Crippen LogP contribution in [0.15, 0.2) is 47.4 Å². The highest BCUT2D eigenvalue weighted by Gasteiger charge is 2.34.